The monoisotopic (exact) mass is 525 g/mol. The van der Waals surface area contributed by atoms with E-state index in [-0.39, 0.29) is 13.1 Å². The number of carbonyl (C=O) groups is 2. The van der Waals surface area contributed by atoms with Crippen molar-refractivity contribution in [2.75, 3.05) is 47.0 Å². The molecule has 0 radical (unpaired) electrons. The van der Waals surface area contributed by atoms with E-state index in [0.29, 0.717) is 42.3 Å². The Kier molecular flexibility index (Phi) is 8.63. The largest absolute Gasteiger partial charge is 0.495 e. The number of esters is 1. The van der Waals surface area contributed by atoms with Crippen LogP contribution in [0.4, 0.5) is 13.2 Å². The number of hydrogen-bond acceptors (Lipinski definition) is 6. The third-order valence-corrected chi connectivity index (χ3v) is 7.26. The number of rotatable bonds is 8. The maximum Gasteiger partial charge on any atom is 0.491 e. The van der Waals surface area contributed by atoms with E-state index in [0.717, 1.165) is 24.9 Å². The van der Waals surface area contributed by atoms with Crippen molar-refractivity contribution in [3.05, 3.63) is 30.0 Å². The van der Waals surface area contributed by atoms with Crippen molar-refractivity contribution in [2.45, 2.75) is 51.1 Å². The van der Waals surface area contributed by atoms with Crippen LogP contribution in [0.5, 0.6) is 5.75 Å². The summed E-state index contributed by atoms with van der Waals surface area (Å²) in [5.41, 5.74) is 1.13. The van der Waals surface area contributed by atoms with Crippen molar-refractivity contribution >= 4 is 22.8 Å². The van der Waals surface area contributed by atoms with Gasteiger partial charge in [0.15, 0.2) is 6.23 Å². The van der Waals surface area contributed by atoms with E-state index in [9.17, 15) is 22.8 Å². The predicted octanol–water partition coefficient (Wildman–Crippen LogP) is 4.07. The number of amides is 1. The highest BCUT2D eigenvalue weighted by atomic mass is 19.4. The number of carbonyl (C=O) groups excluding carboxylic acids is 2. The van der Waals surface area contributed by atoms with Crippen LogP contribution in [0, 0.1) is 5.92 Å². The summed E-state index contributed by atoms with van der Waals surface area (Å²) in [7, 11) is 3.10. The Morgan fingerprint density at radius 3 is 2.51 bits per heavy atom. The Morgan fingerprint density at radius 2 is 1.84 bits per heavy atom. The topological polar surface area (TPSA) is 73.2 Å². The average molecular weight is 526 g/mol. The number of piperazine rings is 1. The van der Waals surface area contributed by atoms with E-state index in [1.807, 2.05) is 21.6 Å². The van der Waals surface area contributed by atoms with Gasteiger partial charge in [-0.2, -0.15) is 13.2 Å². The number of halogens is 3. The SMILES string of the molecule is COCCN1CCN(C(=O)c2cn(CC3CCCCC3)c3c(OC)cccc23)C(OC(=O)C(F)(F)F)C1. The Hall–Kier alpha value is -2.79. The second-order valence-corrected chi connectivity index (χ2v) is 9.71. The van der Waals surface area contributed by atoms with Gasteiger partial charge in [0.2, 0.25) is 0 Å². The van der Waals surface area contributed by atoms with Gasteiger partial charge in [0.25, 0.3) is 5.91 Å². The van der Waals surface area contributed by atoms with E-state index in [1.54, 1.807) is 19.4 Å². The molecule has 1 aromatic heterocycles. The number of hydrogen-bond donors (Lipinski definition) is 0. The highest BCUT2D eigenvalue weighted by Crippen LogP contribution is 2.34. The number of ether oxygens (including phenoxy) is 3. The van der Waals surface area contributed by atoms with Gasteiger partial charge in [0, 0.05) is 44.9 Å². The number of methoxy groups -OCH3 is 2. The number of para-hydroxylation sites is 1. The summed E-state index contributed by atoms with van der Waals surface area (Å²) in [4.78, 5) is 28.6. The summed E-state index contributed by atoms with van der Waals surface area (Å²) in [5, 5.41) is 0.655. The molecule has 1 aliphatic carbocycles. The third-order valence-electron chi connectivity index (χ3n) is 7.26. The van der Waals surface area contributed by atoms with Crippen LogP contribution in [0.1, 0.15) is 42.5 Å². The van der Waals surface area contributed by atoms with Crippen molar-refractivity contribution in [1.82, 2.24) is 14.4 Å². The maximum atomic E-state index is 13.8. The predicted molar refractivity (Wildman–Crippen MR) is 130 cm³/mol. The van der Waals surface area contributed by atoms with Gasteiger partial charge in [-0.25, -0.2) is 4.79 Å². The Morgan fingerprint density at radius 1 is 1.08 bits per heavy atom. The Labute approximate surface area is 214 Å². The van der Waals surface area contributed by atoms with Crippen LogP contribution in [0.25, 0.3) is 10.9 Å². The fourth-order valence-electron chi connectivity index (χ4n) is 5.36. The van der Waals surface area contributed by atoms with E-state index in [4.69, 9.17) is 14.2 Å². The molecule has 11 heteroatoms. The highest BCUT2D eigenvalue weighted by Gasteiger charge is 2.45. The van der Waals surface area contributed by atoms with Gasteiger partial charge in [0.1, 0.15) is 5.75 Å². The number of fused-ring (bicyclic) bond motifs is 1. The molecule has 8 nitrogen and oxygen atoms in total. The molecule has 0 N–H and O–H groups in total. The van der Waals surface area contributed by atoms with Crippen molar-refractivity contribution in [3.63, 3.8) is 0 Å². The molecule has 1 aromatic carbocycles. The van der Waals surface area contributed by atoms with Crippen LogP contribution < -0.4 is 4.74 Å². The average Bonchev–Trinajstić information content (AvgIpc) is 3.25. The first-order chi connectivity index (χ1) is 17.7. The lowest BCUT2D eigenvalue weighted by Gasteiger charge is -2.40. The fourth-order valence-corrected chi connectivity index (χ4v) is 5.36. The van der Waals surface area contributed by atoms with E-state index in [1.165, 1.54) is 31.3 Å². The molecule has 4 rings (SSSR count). The molecule has 1 saturated carbocycles. The van der Waals surface area contributed by atoms with E-state index < -0.39 is 24.3 Å². The maximum absolute atomic E-state index is 13.8. The molecule has 1 saturated heterocycles. The van der Waals surface area contributed by atoms with E-state index in [2.05, 4.69) is 0 Å². The minimum Gasteiger partial charge on any atom is -0.495 e. The molecule has 0 bridgehead atoms. The standard InChI is InChI=1S/C26H34F3N3O5/c1-35-14-13-30-11-12-32(22(17-30)37-25(34)26(27,28)29)24(33)20-16-31(15-18-7-4-3-5-8-18)23-19(20)9-6-10-21(23)36-2/h6,9-10,16,18,22H,3-5,7-8,11-15,17H2,1-2H3. The minimum atomic E-state index is -5.16. The minimum absolute atomic E-state index is 0.0407. The van der Waals surface area contributed by atoms with Crippen LogP contribution in [0.2, 0.25) is 0 Å². The van der Waals surface area contributed by atoms with Crippen LogP contribution in [-0.2, 0) is 20.8 Å². The summed E-state index contributed by atoms with van der Waals surface area (Å²) < 4.78 is 56.7. The molecule has 2 heterocycles. The van der Waals surface area contributed by atoms with Gasteiger partial charge in [0.05, 0.1) is 31.3 Å². The summed E-state index contributed by atoms with van der Waals surface area (Å²) in [6, 6.07) is 5.43. The summed E-state index contributed by atoms with van der Waals surface area (Å²) in [6.07, 6.45) is 1.02. The van der Waals surface area contributed by atoms with Gasteiger partial charge in [-0.3, -0.25) is 9.69 Å². The van der Waals surface area contributed by atoms with Crippen LogP contribution >= 0.6 is 0 Å². The van der Waals surface area contributed by atoms with E-state index >= 15 is 0 Å². The molecular weight excluding hydrogens is 491 g/mol. The molecule has 1 unspecified atom stereocenters. The molecule has 2 aromatic rings. The molecule has 1 amide bonds. The lowest BCUT2D eigenvalue weighted by atomic mass is 9.89. The molecule has 1 atom stereocenters. The smallest absolute Gasteiger partial charge is 0.491 e. The molecule has 37 heavy (non-hydrogen) atoms. The summed E-state index contributed by atoms with van der Waals surface area (Å²) in [5.74, 6) is -1.70. The first-order valence-corrected chi connectivity index (χ1v) is 12.7. The fraction of sp³-hybridized carbons (Fsp3) is 0.615. The first kappa shape index (κ1) is 27.3. The van der Waals surface area contributed by atoms with Crippen LogP contribution in [0.3, 0.4) is 0 Å². The number of aromatic nitrogens is 1. The molecule has 204 valence electrons. The van der Waals surface area contributed by atoms with Crippen molar-refractivity contribution < 1.29 is 37.0 Å². The zero-order valence-corrected chi connectivity index (χ0v) is 21.3. The van der Waals surface area contributed by atoms with Crippen LogP contribution in [-0.4, -0.2) is 85.7 Å². The molecule has 2 aliphatic rings. The number of alkyl halides is 3. The highest BCUT2D eigenvalue weighted by molar-refractivity contribution is 6.08. The molecule has 1 aliphatic heterocycles. The molecule has 0 spiro atoms. The van der Waals surface area contributed by atoms with Gasteiger partial charge in [-0.15, -0.1) is 0 Å². The number of nitrogens with zero attached hydrogens (tertiary/aromatic N) is 3. The lowest BCUT2D eigenvalue weighted by Crippen LogP contribution is -2.57. The third kappa shape index (κ3) is 6.20. The first-order valence-electron chi connectivity index (χ1n) is 12.7. The quantitative estimate of drug-likeness (QED) is 0.484. The normalized spacial score (nSPS) is 19.8. The summed E-state index contributed by atoms with van der Waals surface area (Å²) >= 11 is 0. The Balaban J connectivity index is 1.66. The molecular formula is C26H34F3N3O5. The summed E-state index contributed by atoms with van der Waals surface area (Å²) in [6.45, 7) is 2.01. The lowest BCUT2D eigenvalue weighted by molar-refractivity contribution is -0.214. The van der Waals surface area contributed by atoms with Gasteiger partial charge >= 0.3 is 12.1 Å². The van der Waals surface area contributed by atoms with Gasteiger partial charge in [-0.05, 0) is 24.8 Å². The van der Waals surface area contributed by atoms with Crippen molar-refractivity contribution in [2.24, 2.45) is 5.92 Å². The zero-order valence-electron chi connectivity index (χ0n) is 21.3. The van der Waals surface area contributed by atoms with Crippen molar-refractivity contribution in [3.8, 4) is 5.75 Å². The number of benzene rings is 1. The second kappa shape index (κ2) is 11.7. The van der Waals surface area contributed by atoms with Crippen molar-refractivity contribution in [1.29, 1.82) is 0 Å². The van der Waals surface area contributed by atoms with Crippen LogP contribution in [0.15, 0.2) is 24.4 Å². The second-order valence-electron chi connectivity index (χ2n) is 9.71. The zero-order chi connectivity index (χ0) is 26.6. The van der Waals surface area contributed by atoms with Gasteiger partial charge in [-0.1, -0.05) is 31.4 Å². The Bertz CT molecular complexity index is 1100. The van der Waals surface area contributed by atoms with Gasteiger partial charge < -0.3 is 23.7 Å². The molecule has 2 fully saturated rings.